The van der Waals surface area contributed by atoms with Crippen molar-refractivity contribution < 1.29 is 25.2 Å². The van der Waals surface area contributed by atoms with Gasteiger partial charge in [0.2, 0.25) is 0 Å². The van der Waals surface area contributed by atoms with E-state index in [1.165, 1.54) is 0 Å². The highest BCUT2D eigenvalue weighted by molar-refractivity contribution is 7.51. The predicted octanol–water partition coefficient (Wildman–Crippen LogP) is 2.99. The first kappa shape index (κ1) is 14.6. The van der Waals surface area contributed by atoms with E-state index in [1.807, 2.05) is 12.1 Å². The zero-order valence-corrected chi connectivity index (χ0v) is 13.7. The maximum Gasteiger partial charge on any atom is 0.327 e. The van der Waals surface area contributed by atoms with Gasteiger partial charge < -0.3 is 23.8 Å². The number of aromatic nitrogens is 1. The molecule has 1 unspecified atom stereocenters. The fourth-order valence-corrected chi connectivity index (χ4v) is 3.03. The molecule has 0 saturated heterocycles. The second-order valence-corrected chi connectivity index (χ2v) is 6.86. The molecule has 1 atom stereocenters. The summed E-state index contributed by atoms with van der Waals surface area (Å²) >= 11 is 0. The Kier molecular flexibility index (Phi) is 3.73. The van der Waals surface area contributed by atoms with Crippen LogP contribution >= 0.6 is 7.60 Å². The van der Waals surface area contributed by atoms with Crippen LogP contribution in [0, 0.1) is 0 Å². The molecule has 0 fully saturated rings. The van der Waals surface area contributed by atoms with Gasteiger partial charge in [0.15, 0.2) is 0 Å². The standard InChI is InChI=1S/C16H18NO5P/c1-21-11-3-5-15-13(9-11)14-10-12(22-2)4-6-16(14)17(15)7-8-23(18,19)20/h3-6,9-10H,7-8H2,1-2H3,(H2,18,19,20)/i7D. The van der Waals surface area contributed by atoms with Crippen molar-refractivity contribution in [2.75, 3.05) is 20.4 Å². The summed E-state index contributed by atoms with van der Waals surface area (Å²) in [6, 6.07) is 10.8. The highest BCUT2D eigenvalue weighted by Gasteiger charge is 2.17. The Balaban J connectivity index is 2.31. The SMILES string of the molecule is [2H]C(CP(=O)(O)O)n1c2ccc(OC)cc2c2cc(OC)ccc21. The number of fused-ring (bicyclic) bond motifs is 3. The molecule has 2 N–H and O–H groups in total. The van der Waals surface area contributed by atoms with Crippen molar-refractivity contribution in [1.29, 1.82) is 0 Å². The number of ether oxygens (including phenoxy) is 2. The lowest BCUT2D eigenvalue weighted by molar-refractivity contribution is 0.370. The van der Waals surface area contributed by atoms with Gasteiger partial charge in [0.1, 0.15) is 11.5 Å². The molecule has 0 aliphatic carbocycles. The van der Waals surface area contributed by atoms with E-state index in [1.54, 1.807) is 43.1 Å². The van der Waals surface area contributed by atoms with E-state index in [2.05, 4.69) is 0 Å². The summed E-state index contributed by atoms with van der Waals surface area (Å²) in [7, 11) is -1.16. The van der Waals surface area contributed by atoms with E-state index >= 15 is 0 Å². The molecule has 0 bridgehead atoms. The summed E-state index contributed by atoms with van der Waals surface area (Å²) in [5.74, 6) is 1.33. The van der Waals surface area contributed by atoms with Gasteiger partial charge in [-0.2, -0.15) is 0 Å². The van der Waals surface area contributed by atoms with E-state index < -0.39 is 20.3 Å². The zero-order valence-electron chi connectivity index (χ0n) is 13.8. The van der Waals surface area contributed by atoms with Gasteiger partial charge >= 0.3 is 7.60 Å². The third kappa shape index (κ3) is 3.06. The highest BCUT2D eigenvalue weighted by atomic mass is 31.2. The first-order valence-electron chi connectivity index (χ1n) is 7.54. The number of rotatable bonds is 5. The molecule has 0 amide bonds. The van der Waals surface area contributed by atoms with Gasteiger partial charge in [-0.15, -0.1) is 0 Å². The van der Waals surface area contributed by atoms with Crippen molar-refractivity contribution in [3.8, 4) is 11.5 Å². The first-order chi connectivity index (χ1) is 11.3. The third-order valence-corrected chi connectivity index (χ3v) is 4.36. The molecule has 0 spiro atoms. The Morgan fingerprint density at radius 2 is 1.52 bits per heavy atom. The fraction of sp³-hybridized carbons (Fsp3) is 0.250. The van der Waals surface area contributed by atoms with Crippen LogP contribution < -0.4 is 9.47 Å². The largest absolute Gasteiger partial charge is 0.497 e. The van der Waals surface area contributed by atoms with Crippen LogP contribution in [0.5, 0.6) is 11.5 Å². The summed E-state index contributed by atoms with van der Waals surface area (Å²) in [4.78, 5) is 18.5. The molecule has 1 aromatic heterocycles. The van der Waals surface area contributed by atoms with Crippen molar-refractivity contribution in [3.05, 3.63) is 36.4 Å². The van der Waals surface area contributed by atoms with E-state index in [0.29, 0.717) is 22.5 Å². The molecule has 0 radical (unpaired) electrons. The maximum absolute atomic E-state index is 11.3. The van der Waals surface area contributed by atoms with Gasteiger partial charge in [-0.1, -0.05) is 0 Å². The van der Waals surface area contributed by atoms with Crippen molar-refractivity contribution in [2.24, 2.45) is 0 Å². The smallest absolute Gasteiger partial charge is 0.327 e. The number of aryl methyl sites for hydroxylation is 1. The molecule has 7 heteroatoms. The Morgan fingerprint density at radius 3 is 1.91 bits per heavy atom. The van der Waals surface area contributed by atoms with Crippen LogP contribution in [0.2, 0.25) is 0 Å². The second-order valence-electron chi connectivity index (χ2n) is 5.17. The van der Waals surface area contributed by atoms with Crippen LogP contribution in [-0.2, 0) is 11.1 Å². The number of hydrogen-bond acceptors (Lipinski definition) is 3. The first-order valence-corrected chi connectivity index (χ1v) is 8.76. The minimum Gasteiger partial charge on any atom is -0.497 e. The molecule has 23 heavy (non-hydrogen) atoms. The normalized spacial score (nSPS) is 14.0. The van der Waals surface area contributed by atoms with Crippen molar-refractivity contribution in [3.63, 3.8) is 0 Å². The average Bonchev–Trinajstić information content (AvgIpc) is 2.85. The monoisotopic (exact) mass is 336 g/mol. The molecular formula is C16H18NO5P. The zero-order chi connectivity index (χ0) is 17.5. The Hall–Kier alpha value is -2.01. The van der Waals surface area contributed by atoms with E-state index in [9.17, 15) is 14.4 Å². The van der Waals surface area contributed by atoms with E-state index in [0.717, 1.165) is 10.8 Å². The summed E-state index contributed by atoms with van der Waals surface area (Å²) in [6.45, 7) is -1.10. The number of hydrogen-bond donors (Lipinski definition) is 2. The van der Waals surface area contributed by atoms with Gasteiger partial charge in [0, 0.05) is 28.3 Å². The van der Waals surface area contributed by atoms with Crippen molar-refractivity contribution in [2.45, 2.75) is 6.52 Å². The molecule has 1 heterocycles. The van der Waals surface area contributed by atoms with Crippen molar-refractivity contribution in [1.82, 2.24) is 4.57 Å². The summed E-state index contributed by atoms with van der Waals surface area (Å²) in [5.41, 5.74) is 1.43. The lowest BCUT2D eigenvalue weighted by Crippen LogP contribution is -2.03. The average molecular weight is 336 g/mol. The Bertz CT molecular complexity index is 887. The van der Waals surface area contributed by atoms with Gasteiger partial charge in [-0.25, -0.2) is 0 Å². The maximum atomic E-state index is 11.3. The van der Waals surface area contributed by atoms with Crippen LogP contribution in [0.1, 0.15) is 1.37 Å². The molecule has 2 aromatic carbocycles. The molecule has 3 rings (SSSR count). The van der Waals surface area contributed by atoms with Gasteiger partial charge in [0.25, 0.3) is 0 Å². The predicted molar refractivity (Wildman–Crippen MR) is 89.5 cm³/mol. The molecule has 122 valence electrons. The molecule has 0 saturated carbocycles. The number of nitrogens with zero attached hydrogens (tertiary/aromatic N) is 1. The van der Waals surface area contributed by atoms with Crippen LogP contribution in [0.25, 0.3) is 21.8 Å². The minimum atomic E-state index is -4.31. The molecular weight excluding hydrogens is 317 g/mol. The quantitative estimate of drug-likeness (QED) is 0.700. The lowest BCUT2D eigenvalue weighted by Gasteiger charge is -2.09. The summed E-state index contributed by atoms with van der Waals surface area (Å²) < 4.78 is 31.7. The van der Waals surface area contributed by atoms with Gasteiger partial charge in [-0.3, -0.25) is 4.57 Å². The minimum absolute atomic E-state index is 0.552. The lowest BCUT2D eigenvalue weighted by atomic mass is 10.1. The summed E-state index contributed by atoms with van der Waals surface area (Å²) in [6.07, 6.45) is -0.552. The van der Waals surface area contributed by atoms with Crippen LogP contribution in [0.3, 0.4) is 0 Å². The van der Waals surface area contributed by atoms with Crippen molar-refractivity contribution >= 4 is 29.4 Å². The number of benzene rings is 2. The van der Waals surface area contributed by atoms with Crippen LogP contribution in [0.15, 0.2) is 36.4 Å². The topological polar surface area (TPSA) is 80.9 Å². The molecule has 3 aromatic rings. The fourth-order valence-electron chi connectivity index (χ4n) is 2.65. The Morgan fingerprint density at radius 1 is 1.04 bits per heavy atom. The van der Waals surface area contributed by atoms with Gasteiger partial charge in [0.05, 0.1) is 21.8 Å². The van der Waals surface area contributed by atoms with Crippen LogP contribution in [-0.4, -0.2) is 34.7 Å². The molecule has 6 nitrogen and oxygen atoms in total. The Labute approximate surface area is 134 Å². The highest BCUT2D eigenvalue weighted by Crippen LogP contribution is 2.37. The van der Waals surface area contributed by atoms with E-state index in [-0.39, 0.29) is 0 Å². The molecule has 0 aliphatic heterocycles. The molecule has 0 aliphatic rings. The second kappa shape index (κ2) is 5.89. The van der Waals surface area contributed by atoms with E-state index in [4.69, 9.17) is 10.8 Å². The summed E-state index contributed by atoms with van der Waals surface area (Å²) in [5, 5.41) is 1.68. The van der Waals surface area contributed by atoms with Crippen LogP contribution in [0.4, 0.5) is 0 Å². The number of methoxy groups -OCH3 is 2. The van der Waals surface area contributed by atoms with Gasteiger partial charge in [-0.05, 0) is 36.4 Å². The third-order valence-electron chi connectivity index (χ3n) is 3.72.